The average molecular weight is 252 g/mol. The molecular formula is C15H28N2O. The monoisotopic (exact) mass is 252 g/mol. The number of amides is 1. The summed E-state index contributed by atoms with van der Waals surface area (Å²) >= 11 is 0. The lowest BCUT2D eigenvalue weighted by Crippen LogP contribution is -2.47. The SMILES string of the molecule is CCN(C(=O)C1CCCCCC1N)C1CCCC1. The molecule has 0 bridgehead atoms. The molecule has 2 atom stereocenters. The van der Waals surface area contributed by atoms with Gasteiger partial charge >= 0.3 is 0 Å². The maximum Gasteiger partial charge on any atom is 0.227 e. The van der Waals surface area contributed by atoms with Crippen LogP contribution in [-0.2, 0) is 4.79 Å². The summed E-state index contributed by atoms with van der Waals surface area (Å²) in [6, 6.07) is 0.591. The molecule has 104 valence electrons. The van der Waals surface area contributed by atoms with Gasteiger partial charge < -0.3 is 10.6 Å². The number of nitrogens with zero attached hydrogens (tertiary/aromatic N) is 1. The second kappa shape index (κ2) is 6.55. The predicted molar refractivity (Wildman–Crippen MR) is 74.2 cm³/mol. The first-order chi connectivity index (χ1) is 8.74. The fourth-order valence-corrected chi connectivity index (χ4v) is 3.67. The molecule has 0 saturated heterocycles. The third-order valence-corrected chi connectivity index (χ3v) is 4.78. The van der Waals surface area contributed by atoms with E-state index in [9.17, 15) is 4.79 Å². The van der Waals surface area contributed by atoms with Crippen molar-refractivity contribution >= 4 is 5.91 Å². The topological polar surface area (TPSA) is 46.3 Å². The summed E-state index contributed by atoms with van der Waals surface area (Å²) in [6.07, 6.45) is 10.6. The molecule has 2 aliphatic carbocycles. The van der Waals surface area contributed by atoms with Crippen molar-refractivity contribution in [3.8, 4) is 0 Å². The summed E-state index contributed by atoms with van der Waals surface area (Å²) in [7, 11) is 0. The van der Waals surface area contributed by atoms with E-state index in [2.05, 4.69) is 11.8 Å². The zero-order valence-corrected chi connectivity index (χ0v) is 11.7. The summed E-state index contributed by atoms with van der Waals surface area (Å²) in [6.45, 7) is 2.96. The molecule has 1 amide bonds. The highest BCUT2D eigenvalue weighted by Gasteiger charge is 2.33. The van der Waals surface area contributed by atoms with Crippen LogP contribution in [0.3, 0.4) is 0 Å². The van der Waals surface area contributed by atoms with Crippen LogP contribution in [0, 0.1) is 5.92 Å². The third-order valence-electron chi connectivity index (χ3n) is 4.78. The van der Waals surface area contributed by atoms with E-state index in [1.54, 1.807) is 0 Å². The zero-order chi connectivity index (χ0) is 13.0. The molecule has 2 saturated carbocycles. The van der Waals surface area contributed by atoms with Crippen molar-refractivity contribution in [1.29, 1.82) is 0 Å². The third kappa shape index (κ3) is 3.05. The standard InChI is InChI=1S/C15H28N2O/c1-2-17(12-8-6-7-9-12)15(18)13-10-4-3-5-11-14(13)16/h12-14H,2-11,16H2,1H3. The van der Waals surface area contributed by atoms with Crippen LogP contribution in [0.1, 0.15) is 64.7 Å². The van der Waals surface area contributed by atoms with Gasteiger partial charge in [-0.1, -0.05) is 32.1 Å². The fourth-order valence-electron chi connectivity index (χ4n) is 3.67. The molecule has 2 fully saturated rings. The summed E-state index contributed by atoms with van der Waals surface area (Å²) in [4.78, 5) is 14.9. The summed E-state index contributed by atoms with van der Waals surface area (Å²) < 4.78 is 0. The van der Waals surface area contributed by atoms with Crippen LogP contribution in [-0.4, -0.2) is 29.4 Å². The Morgan fingerprint density at radius 3 is 2.33 bits per heavy atom. The smallest absolute Gasteiger partial charge is 0.227 e. The minimum Gasteiger partial charge on any atom is -0.340 e. The first kappa shape index (κ1) is 13.9. The van der Waals surface area contributed by atoms with Gasteiger partial charge in [-0.3, -0.25) is 4.79 Å². The number of hydrogen-bond donors (Lipinski definition) is 1. The lowest BCUT2D eigenvalue weighted by molar-refractivity contribution is -0.138. The second-order valence-electron chi connectivity index (χ2n) is 5.97. The van der Waals surface area contributed by atoms with Gasteiger partial charge in [0, 0.05) is 18.6 Å². The summed E-state index contributed by atoms with van der Waals surface area (Å²) in [5.41, 5.74) is 6.22. The average Bonchev–Trinajstić information content (AvgIpc) is 2.79. The van der Waals surface area contributed by atoms with E-state index in [0.29, 0.717) is 11.9 Å². The van der Waals surface area contributed by atoms with Crippen molar-refractivity contribution in [1.82, 2.24) is 4.90 Å². The molecule has 0 spiro atoms. The van der Waals surface area contributed by atoms with Crippen LogP contribution >= 0.6 is 0 Å². The van der Waals surface area contributed by atoms with E-state index >= 15 is 0 Å². The van der Waals surface area contributed by atoms with E-state index < -0.39 is 0 Å². The largest absolute Gasteiger partial charge is 0.340 e. The fraction of sp³-hybridized carbons (Fsp3) is 0.933. The van der Waals surface area contributed by atoms with Crippen molar-refractivity contribution < 1.29 is 4.79 Å². The number of rotatable bonds is 3. The quantitative estimate of drug-likeness (QED) is 0.785. The van der Waals surface area contributed by atoms with E-state index in [4.69, 9.17) is 5.73 Å². The molecule has 3 heteroatoms. The summed E-state index contributed by atoms with van der Waals surface area (Å²) in [5, 5.41) is 0. The van der Waals surface area contributed by atoms with E-state index in [1.807, 2.05) is 0 Å². The zero-order valence-electron chi connectivity index (χ0n) is 11.7. The minimum atomic E-state index is 0.0908. The Morgan fingerprint density at radius 2 is 1.67 bits per heavy atom. The van der Waals surface area contributed by atoms with Crippen LogP contribution in [0.15, 0.2) is 0 Å². The Labute approximate surface area is 111 Å². The van der Waals surface area contributed by atoms with Crippen LogP contribution in [0.25, 0.3) is 0 Å². The highest BCUT2D eigenvalue weighted by molar-refractivity contribution is 5.80. The Morgan fingerprint density at radius 1 is 1.06 bits per heavy atom. The van der Waals surface area contributed by atoms with Gasteiger partial charge in [0.05, 0.1) is 5.92 Å². The number of carbonyl (C=O) groups is 1. The second-order valence-corrected chi connectivity index (χ2v) is 5.97. The first-order valence-corrected chi connectivity index (χ1v) is 7.80. The maximum absolute atomic E-state index is 12.7. The van der Waals surface area contributed by atoms with Crippen molar-refractivity contribution in [2.24, 2.45) is 11.7 Å². The summed E-state index contributed by atoms with van der Waals surface area (Å²) in [5.74, 6) is 0.437. The van der Waals surface area contributed by atoms with Crippen LogP contribution in [0.4, 0.5) is 0 Å². The highest BCUT2D eigenvalue weighted by atomic mass is 16.2. The molecular weight excluding hydrogens is 224 g/mol. The maximum atomic E-state index is 12.7. The Bertz CT molecular complexity index is 270. The Balaban J connectivity index is 2.02. The first-order valence-electron chi connectivity index (χ1n) is 7.80. The lowest BCUT2D eigenvalue weighted by atomic mass is 9.93. The number of nitrogens with two attached hydrogens (primary N) is 1. The van der Waals surface area contributed by atoms with Gasteiger partial charge in [-0.05, 0) is 32.6 Å². The van der Waals surface area contributed by atoms with Crippen LogP contribution in [0.2, 0.25) is 0 Å². The van der Waals surface area contributed by atoms with Gasteiger partial charge in [-0.2, -0.15) is 0 Å². The molecule has 18 heavy (non-hydrogen) atoms. The molecule has 2 rings (SSSR count). The minimum absolute atomic E-state index is 0.0908. The highest BCUT2D eigenvalue weighted by Crippen LogP contribution is 2.28. The normalized spacial score (nSPS) is 30.1. The van der Waals surface area contributed by atoms with Gasteiger partial charge in [0.15, 0.2) is 0 Å². The molecule has 0 aromatic carbocycles. The van der Waals surface area contributed by atoms with Gasteiger partial charge in [0.2, 0.25) is 5.91 Å². The molecule has 2 aliphatic rings. The molecule has 0 aromatic heterocycles. The number of hydrogen-bond acceptors (Lipinski definition) is 2. The lowest BCUT2D eigenvalue weighted by Gasteiger charge is -2.33. The van der Waals surface area contributed by atoms with Crippen molar-refractivity contribution in [3.63, 3.8) is 0 Å². The van der Waals surface area contributed by atoms with E-state index in [-0.39, 0.29) is 12.0 Å². The van der Waals surface area contributed by atoms with Gasteiger partial charge in [-0.25, -0.2) is 0 Å². The Hall–Kier alpha value is -0.570. The van der Waals surface area contributed by atoms with Crippen LogP contribution < -0.4 is 5.73 Å². The van der Waals surface area contributed by atoms with E-state index in [1.165, 1.54) is 44.9 Å². The van der Waals surface area contributed by atoms with E-state index in [0.717, 1.165) is 19.4 Å². The van der Waals surface area contributed by atoms with Gasteiger partial charge in [0.25, 0.3) is 0 Å². The molecule has 2 N–H and O–H groups in total. The Kier molecular flexibility index (Phi) is 5.04. The predicted octanol–water partition coefficient (Wildman–Crippen LogP) is 2.69. The molecule has 0 heterocycles. The molecule has 0 aliphatic heterocycles. The van der Waals surface area contributed by atoms with Crippen LogP contribution in [0.5, 0.6) is 0 Å². The van der Waals surface area contributed by atoms with Gasteiger partial charge in [0.1, 0.15) is 0 Å². The molecule has 3 nitrogen and oxygen atoms in total. The molecule has 2 unspecified atom stereocenters. The van der Waals surface area contributed by atoms with Crippen molar-refractivity contribution in [2.45, 2.75) is 76.8 Å². The number of carbonyl (C=O) groups excluding carboxylic acids is 1. The van der Waals surface area contributed by atoms with Crippen molar-refractivity contribution in [3.05, 3.63) is 0 Å². The molecule has 0 radical (unpaired) electrons. The van der Waals surface area contributed by atoms with Gasteiger partial charge in [-0.15, -0.1) is 0 Å². The molecule has 0 aromatic rings. The van der Waals surface area contributed by atoms with Crippen molar-refractivity contribution in [2.75, 3.05) is 6.54 Å².